The Morgan fingerprint density at radius 1 is 0.913 bits per heavy atom. The van der Waals surface area contributed by atoms with Crippen molar-refractivity contribution < 1.29 is 9.53 Å². The number of nitrogens with zero attached hydrogens (tertiary/aromatic N) is 2. The topological polar surface area (TPSA) is 32.8 Å². The van der Waals surface area contributed by atoms with Crippen molar-refractivity contribution in [3.63, 3.8) is 0 Å². The predicted molar refractivity (Wildman–Crippen MR) is 191 cm³/mol. The Bertz CT molecular complexity index is 1290. The molecule has 1 aromatic carbocycles. The van der Waals surface area contributed by atoms with Crippen LogP contribution in [0.1, 0.15) is 104 Å². The lowest BCUT2D eigenvalue weighted by Crippen LogP contribution is -2.60. The number of halogens is 1. The summed E-state index contributed by atoms with van der Waals surface area (Å²) in [6.45, 7) is 16.5. The summed E-state index contributed by atoms with van der Waals surface area (Å²) in [6, 6.07) is 8.38. The van der Waals surface area contributed by atoms with Crippen LogP contribution in [0, 0.1) is 51.8 Å². The minimum absolute atomic E-state index is 0.0452. The first-order valence-corrected chi connectivity index (χ1v) is 19.1. The predicted octanol–water partition coefficient (Wildman–Crippen LogP) is 9.31. The second kappa shape index (κ2) is 13.3. The highest BCUT2D eigenvalue weighted by Gasteiger charge is 2.64. The molecule has 256 valence electrons. The molecule has 0 spiro atoms. The fourth-order valence-electron chi connectivity index (χ4n) is 12.5. The number of methoxy groups -OCH3 is 1. The first-order valence-electron chi connectivity index (χ1n) is 18.7. The van der Waals surface area contributed by atoms with Gasteiger partial charge in [-0.05, 0) is 148 Å². The Morgan fingerprint density at radius 2 is 1.59 bits per heavy atom. The van der Waals surface area contributed by atoms with Gasteiger partial charge in [0.25, 0.3) is 0 Å². The van der Waals surface area contributed by atoms with Gasteiger partial charge in [-0.1, -0.05) is 63.9 Å². The second-order valence-corrected chi connectivity index (χ2v) is 18.0. The summed E-state index contributed by atoms with van der Waals surface area (Å²) in [7, 11) is 6.26. The number of ketones is 1. The first-order chi connectivity index (χ1) is 21.8. The molecule has 0 aliphatic heterocycles. The summed E-state index contributed by atoms with van der Waals surface area (Å²) in [5.41, 5.74) is 5.02. The molecule has 5 aliphatic carbocycles. The van der Waals surface area contributed by atoms with Crippen LogP contribution in [-0.2, 0) is 16.1 Å². The molecule has 4 nitrogen and oxygen atoms in total. The summed E-state index contributed by atoms with van der Waals surface area (Å²) < 4.78 is 6.00. The third kappa shape index (κ3) is 5.98. The van der Waals surface area contributed by atoms with Crippen LogP contribution in [0.5, 0.6) is 0 Å². The highest BCUT2D eigenvalue weighted by Crippen LogP contribution is 2.72. The number of carbonyl (C=O) groups is 1. The van der Waals surface area contributed by atoms with E-state index in [4.69, 9.17) is 16.3 Å². The quantitative estimate of drug-likeness (QED) is 0.253. The third-order valence-corrected chi connectivity index (χ3v) is 14.9. The van der Waals surface area contributed by atoms with Crippen LogP contribution in [0.3, 0.4) is 0 Å². The highest BCUT2D eigenvalue weighted by molar-refractivity contribution is 6.30. The molecule has 5 heteroatoms. The Kier molecular flexibility index (Phi) is 9.99. The van der Waals surface area contributed by atoms with Crippen molar-refractivity contribution in [1.29, 1.82) is 0 Å². The van der Waals surface area contributed by atoms with E-state index in [1.165, 1.54) is 62.5 Å². The Labute approximate surface area is 286 Å². The summed E-state index contributed by atoms with van der Waals surface area (Å²) in [4.78, 5) is 19.0. The van der Waals surface area contributed by atoms with E-state index < -0.39 is 0 Å². The standard InChI is InChI=1S/C41H63ClN2O2/c1-27(2)37-34(45)25-41(21-22-44(24-23-43(6)7)26-29-9-11-30(42)12-10-29)20-16-33-31(38(37)41)13-14-36-39(4)19-17-35(46-8)28(3)32(39)15-18-40(33,36)5/h9-12,27-28,31-33,35-36H,13-26H2,1-8H3. The van der Waals surface area contributed by atoms with E-state index in [0.717, 1.165) is 55.9 Å². The van der Waals surface area contributed by atoms with E-state index in [9.17, 15) is 4.79 Å². The van der Waals surface area contributed by atoms with Crippen LogP contribution in [-0.4, -0.2) is 62.5 Å². The first kappa shape index (κ1) is 34.7. The molecule has 6 rings (SSSR count). The van der Waals surface area contributed by atoms with E-state index in [2.05, 4.69) is 70.6 Å². The number of fused-ring (bicyclic) bond motifs is 7. The van der Waals surface area contributed by atoms with Gasteiger partial charge in [-0.25, -0.2) is 0 Å². The van der Waals surface area contributed by atoms with Gasteiger partial charge in [0.05, 0.1) is 6.10 Å². The lowest BCUT2D eigenvalue weighted by atomic mass is 9.38. The highest BCUT2D eigenvalue weighted by atomic mass is 35.5. The fraction of sp³-hybridized carbons (Fsp3) is 0.780. The van der Waals surface area contributed by atoms with Crippen molar-refractivity contribution in [2.45, 2.75) is 111 Å². The van der Waals surface area contributed by atoms with Gasteiger partial charge in [0.2, 0.25) is 0 Å². The fourth-order valence-corrected chi connectivity index (χ4v) is 12.6. The van der Waals surface area contributed by atoms with Crippen LogP contribution < -0.4 is 0 Å². The van der Waals surface area contributed by atoms with Crippen LogP contribution in [0.25, 0.3) is 0 Å². The normalized spacial score (nSPS) is 39.1. The maximum Gasteiger partial charge on any atom is 0.159 e. The zero-order valence-electron chi connectivity index (χ0n) is 30.3. The molecule has 1 aromatic rings. The molecule has 4 fully saturated rings. The van der Waals surface area contributed by atoms with Crippen LogP contribution >= 0.6 is 11.6 Å². The van der Waals surface area contributed by atoms with Crippen LogP contribution in [0.15, 0.2) is 35.4 Å². The molecule has 0 heterocycles. The molecule has 9 atom stereocenters. The zero-order chi connectivity index (χ0) is 33.0. The van der Waals surface area contributed by atoms with E-state index in [1.807, 2.05) is 19.2 Å². The van der Waals surface area contributed by atoms with Gasteiger partial charge in [-0.2, -0.15) is 0 Å². The summed E-state index contributed by atoms with van der Waals surface area (Å²) >= 11 is 6.23. The lowest BCUT2D eigenvalue weighted by Gasteiger charge is -2.67. The number of ether oxygens (including phenoxy) is 1. The molecule has 0 bridgehead atoms. The van der Waals surface area contributed by atoms with Crippen molar-refractivity contribution in [3.8, 4) is 0 Å². The van der Waals surface area contributed by atoms with Gasteiger partial charge in [-0.15, -0.1) is 0 Å². The van der Waals surface area contributed by atoms with Crippen molar-refractivity contribution in [3.05, 3.63) is 46.0 Å². The van der Waals surface area contributed by atoms with Crippen LogP contribution in [0.4, 0.5) is 0 Å². The number of hydrogen-bond acceptors (Lipinski definition) is 4. The molecule has 4 saturated carbocycles. The molecule has 46 heavy (non-hydrogen) atoms. The second-order valence-electron chi connectivity index (χ2n) is 17.5. The molecule has 9 unspecified atom stereocenters. The summed E-state index contributed by atoms with van der Waals surface area (Å²) in [6.07, 6.45) is 12.6. The van der Waals surface area contributed by atoms with E-state index in [1.54, 1.807) is 5.57 Å². The van der Waals surface area contributed by atoms with Crippen molar-refractivity contribution in [2.75, 3.05) is 40.8 Å². The Morgan fingerprint density at radius 3 is 2.26 bits per heavy atom. The van der Waals surface area contributed by atoms with E-state index in [0.29, 0.717) is 46.4 Å². The van der Waals surface area contributed by atoms with Gasteiger partial charge in [0.1, 0.15) is 0 Å². The Balaban J connectivity index is 1.27. The number of likely N-dealkylation sites (N-methyl/N-ethyl adjacent to an activating group) is 1. The van der Waals surface area contributed by atoms with E-state index in [-0.39, 0.29) is 5.41 Å². The third-order valence-electron chi connectivity index (χ3n) is 14.7. The zero-order valence-corrected chi connectivity index (χ0v) is 31.1. The molecule has 0 N–H and O–H groups in total. The van der Waals surface area contributed by atoms with Gasteiger partial charge >= 0.3 is 0 Å². The molecule has 0 aromatic heterocycles. The minimum atomic E-state index is 0.0452. The number of allylic oxidation sites excluding steroid dienone is 2. The molecular formula is C41H63ClN2O2. The minimum Gasteiger partial charge on any atom is -0.381 e. The SMILES string of the molecule is COC1CCC2(C)C(CCC3(C)C4CCC5(CCN(CCN(C)C)Cc6ccc(Cl)cc6)CC(=O)C(C(C)C)=C5C4CCC32)C1C. The summed E-state index contributed by atoms with van der Waals surface area (Å²) in [5.74, 6) is 4.28. The number of benzene rings is 1. The molecule has 0 radical (unpaired) electrons. The monoisotopic (exact) mass is 650 g/mol. The smallest absolute Gasteiger partial charge is 0.159 e. The average molecular weight is 651 g/mol. The number of carbonyl (C=O) groups excluding carboxylic acids is 1. The van der Waals surface area contributed by atoms with Gasteiger partial charge in [0, 0.05) is 43.6 Å². The van der Waals surface area contributed by atoms with E-state index >= 15 is 0 Å². The summed E-state index contributed by atoms with van der Waals surface area (Å²) in [5, 5.41) is 0.794. The molecule has 5 aliphatic rings. The maximum atomic E-state index is 14.0. The molecule has 0 amide bonds. The number of Topliss-reactive ketones (excluding diaryl/α,β-unsaturated/α-hetero) is 1. The van der Waals surface area contributed by atoms with Crippen LogP contribution in [0.2, 0.25) is 5.02 Å². The van der Waals surface area contributed by atoms with Gasteiger partial charge in [0.15, 0.2) is 5.78 Å². The number of hydrogen-bond donors (Lipinski definition) is 0. The molecular weight excluding hydrogens is 588 g/mol. The van der Waals surface area contributed by atoms with Crippen molar-refractivity contribution in [1.82, 2.24) is 9.80 Å². The maximum absolute atomic E-state index is 14.0. The van der Waals surface area contributed by atoms with Gasteiger partial charge < -0.3 is 9.64 Å². The average Bonchev–Trinajstić information content (AvgIpc) is 3.32. The molecule has 0 saturated heterocycles. The van der Waals surface area contributed by atoms with Gasteiger partial charge in [-0.3, -0.25) is 9.69 Å². The number of rotatable bonds is 10. The largest absolute Gasteiger partial charge is 0.381 e. The lowest BCUT2D eigenvalue weighted by molar-refractivity contribution is -0.182. The van der Waals surface area contributed by atoms with Crippen molar-refractivity contribution >= 4 is 17.4 Å². The van der Waals surface area contributed by atoms with Crippen molar-refractivity contribution in [2.24, 2.45) is 51.8 Å². The Hall–Kier alpha value is -1.20.